The van der Waals surface area contributed by atoms with Crippen molar-refractivity contribution in [3.05, 3.63) is 94.5 Å². The van der Waals surface area contributed by atoms with E-state index in [1.165, 1.54) is 16.8 Å². The summed E-state index contributed by atoms with van der Waals surface area (Å²) in [7, 11) is 0. The maximum Gasteiger partial charge on any atom is 0.295 e. The fourth-order valence-corrected chi connectivity index (χ4v) is 3.26. The van der Waals surface area contributed by atoms with Crippen LogP contribution in [0.4, 0.5) is 10.1 Å². The second kappa shape index (κ2) is 8.08. The van der Waals surface area contributed by atoms with Crippen LogP contribution >= 0.6 is 11.6 Å². The van der Waals surface area contributed by atoms with Crippen molar-refractivity contribution < 1.29 is 9.18 Å². The molecule has 0 saturated carbocycles. The molecule has 0 saturated heterocycles. The van der Waals surface area contributed by atoms with Gasteiger partial charge in [-0.25, -0.2) is 14.1 Å². The predicted molar refractivity (Wildman–Crippen MR) is 116 cm³/mol. The minimum Gasteiger partial charge on any atom is -0.319 e. The van der Waals surface area contributed by atoms with Gasteiger partial charge in [0.05, 0.1) is 5.69 Å². The fourth-order valence-electron chi connectivity index (χ4n) is 3.14. The summed E-state index contributed by atoms with van der Waals surface area (Å²) >= 11 is 6.00. The van der Waals surface area contributed by atoms with Gasteiger partial charge in [0, 0.05) is 16.3 Å². The predicted octanol–water partition coefficient (Wildman–Crippen LogP) is 5.60. The highest BCUT2D eigenvalue weighted by atomic mass is 35.5. The molecule has 1 amide bonds. The lowest BCUT2D eigenvalue weighted by atomic mass is 10.1. The molecule has 1 aromatic heterocycles. The van der Waals surface area contributed by atoms with Crippen LogP contribution in [0.1, 0.15) is 21.7 Å². The summed E-state index contributed by atoms with van der Waals surface area (Å²) in [5.41, 5.74) is 3.93. The normalized spacial score (nSPS) is 10.8. The quantitative estimate of drug-likeness (QED) is 0.467. The van der Waals surface area contributed by atoms with E-state index in [0.29, 0.717) is 16.5 Å². The number of nitrogens with one attached hydrogen (secondary N) is 1. The van der Waals surface area contributed by atoms with Crippen LogP contribution in [0.2, 0.25) is 5.02 Å². The van der Waals surface area contributed by atoms with Gasteiger partial charge in [0.2, 0.25) is 5.82 Å². The van der Waals surface area contributed by atoms with Crippen LogP contribution in [0, 0.1) is 19.7 Å². The van der Waals surface area contributed by atoms with E-state index >= 15 is 0 Å². The lowest BCUT2D eigenvalue weighted by molar-refractivity contribution is 0.101. The number of hydrogen-bond acceptors (Lipinski definition) is 3. The van der Waals surface area contributed by atoms with Gasteiger partial charge >= 0.3 is 0 Å². The van der Waals surface area contributed by atoms with E-state index in [9.17, 15) is 9.18 Å². The number of rotatable bonds is 4. The van der Waals surface area contributed by atoms with Gasteiger partial charge in [0.1, 0.15) is 5.82 Å². The highest BCUT2D eigenvalue weighted by molar-refractivity contribution is 6.30. The van der Waals surface area contributed by atoms with Gasteiger partial charge in [-0.15, -0.1) is 5.10 Å². The van der Waals surface area contributed by atoms with Crippen molar-refractivity contribution >= 4 is 23.2 Å². The number of carbonyl (C=O) groups is 1. The average Bonchev–Trinajstić information content (AvgIpc) is 3.17. The van der Waals surface area contributed by atoms with Gasteiger partial charge in [-0.2, -0.15) is 0 Å². The minimum atomic E-state index is -0.427. The Morgan fingerprint density at radius 1 is 0.967 bits per heavy atom. The number of carbonyl (C=O) groups excluding carboxylic acids is 1. The van der Waals surface area contributed by atoms with Crippen LogP contribution in [0.25, 0.3) is 17.1 Å². The summed E-state index contributed by atoms with van der Waals surface area (Å²) < 4.78 is 14.9. The van der Waals surface area contributed by atoms with Gasteiger partial charge in [-0.05, 0) is 73.5 Å². The topological polar surface area (TPSA) is 59.8 Å². The molecule has 0 spiro atoms. The Morgan fingerprint density at radius 3 is 2.23 bits per heavy atom. The second-order valence-electron chi connectivity index (χ2n) is 6.88. The Hall–Kier alpha value is -3.51. The average molecular weight is 421 g/mol. The van der Waals surface area contributed by atoms with Crippen molar-refractivity contribution in [1.82, 2.24) is 14.8 Å². The number of aromatic nitrogens is 3. The van der Waals surface area contributed by atoms with E-state index in [1.54, 1.807) is 36.4 Å². The number of nitrogens with zero attached hydrogens (tertiary/aromatic N) is 3. The molecule has 0 unspecified atom stereocenters. The van der Waals surface area contributed by atoms with Gasteiger partial charge in [0.15, 0.2) is 5.82 Å². The zero-order valence-corrected chi connectivity index (χ0v) is 17.1. The summed E-state index contributed by atoms with van der Waals surface area (Å²) in [5, 5.41) is 7.88. The second-order valence-corrected chi connectivity index (χ2v) is 7.31. The fraction of sp³-hybridized carbons (Fsp3) is 0.0870. The number of aryl methyl sites for hydroxylation is 2. The van der Waals surface area contributed by atoms with E-state index in [1.807, 2.05) is 32.0 Å². The first-order valence-corrected chi connectivity index (χ1v) is 9.66. The van der Waals surface area contributed by atoms with Crippen LogP contribution in [0.15, 0.2) is 66.7 Å². The molecule has 4 rings (SSSR count). The van der Waals surface area contributed by atoms with Gasteiger partial charge < -0.3 is 5.32 Å². The number of amides is 1. The number of hydrogen-bond donors (Lipinski definition) is 1. The SMILES string of the molecule is Cc1cccc(C)c1NC(=O)c1nc(-c2ccc(Cl)cc2)n(-c2ccc(F)cc2)n1. The first-order chi connectivity index (χ1) is 14.4. The Balaban J connectivity index is 1.77. The van der Waals surface area contributed by atoms with Crippen LogP contribution in [-0.4, -0.2) is 20.7 Å². The summed E-state index contributed by atoms with van der Waals surface area (Å²) in [6, 6.07) is 18.7. The molecule has 0 aliphatic rings. The van der Waals surface area contributed by atoms with E-state index < -0.39 is 5.91 Å². The van der Waals surface area contributed by atoms with Crippen molar-refractivity contribution in [3.63, 3.8) is 0 Å². The Morgan fingerprint density at radius 2 is 1.60 bits per heavy atom. The standard InChI is InChI=1S/C23H18ClFN4O/c1-14-4-3-5-15(2)20(14)26-23(30)21-27-22(16-6-8-17(24)9-7-16)29(28-21)19-12-10-18(25)11-13-19/h3-13H,1-2H3,(H,26,30). The van der Waals surface area contributed by atoms with Gasteiger partial charge in [-0.3, -0.25) is 4.79 Å². The van der Waals surface area contributed by atoms with Crippen LogP contribution in [-0.2, 0) is 0 Å². The molecule has 1 N–H and O–H groups in total. The van der Waals surface area contributed by atoms with Crippen LogP contribution in [0.3, 0.4) is 0 Å². The van der Waals surface area contributed by atoms with Crippen LogP contribution < -0.4 is 5.32 Å². The summed E-state index contributed by atoms with van der Waals surface area (Å²) in [5.74, 6) is -0.333. The number of para-hydroxylation sites is 1. The third-order valence-electron chi connectivity index (χ3n) is 4.70. The van der Waals surface area contributed by atoms with Gasteiger partial charge in [0.25, 0.3) is 5.91 Å². The van der Waals surface area contributed by atoms with Crippen molar-refractivity contribution in [1.29, 1.82) is 0 Å². The maximum absolute atomic E-state index is 13.4. The Labute approximate surface area is 178 Å². The number of benzene rings is 3. The third kappa shape index (κ3) is 3.95. The first kappa shape index (κ1) is 19.8. The Bertz CT molecular complexity index is 1130. The molecule has 0 aliphatic heterocycles. The van der Waals surface area contributed by atoms with Crippen molar-refractivity contribution in [2.75, 3.05) is 5.32 Å². The van der Waals surface area contributed by atoms with E-state index in [-0.39, 0.29) is 11.6 Å². The molecule has 7 heteroatoms. The molecular formula is C23H18ClFN4O. The van der Waals surface area contributed by atoms with Crippen molar-refractivity contribution in [2.45, 2.75) is 13.8 Å². The highest BCUT2D eigenvalue weighted by Gasteiger charge is 2.20. The van der Waals surface area contributed by atoms with E-state index in [2.05, 4.69) is 15.4 Å². The number of halogens is 2. The monoisotopic (exact) mass is 420 g/mol. The molecule has 0 bridgehead atoms. The molecule has 150 valence electrons. The minimum absolute atomic E-state index is 0.00641. The molecule has 3 aromatic carbocycles. The molecule has 5 nitrogen and oxygen atoms in total. The van der Waals surface area contributed by atoms with E-state index in [4.69, 9.17) is 11.6 Å². The maximum atomic E-state index is 13.4. The zero-order valence-electron chi connectivity index (χ0n) is 16.4. The zero-order chi connectivity index (χ0) is 21.3. The lowest BCUT2D eigenvalue weighted by Gasteiger charge is -2.09. The smallest absolute Gasteiger partial charge is 0.295 e. The lowest BCUT2D eigenvalue weighted by Crippen LogP contribution is -2.16. The van der Waals surface area contributed by atoms with Crippen LogP contribution in [0.5, 0.6) is 0 Å². The highest BCUT2D eigenvalue weighted by Crippen LogP contribution is 2.24. The first-order valence-electron chi connectivity index (χ1n) is 9.29. The van der Waals surface area contributed by atoms with Gasteiger partial charge in [-0.1, -0.05) is 29.8 Å². The van der Waals surface area contributed by atoms with E-state index in [0.717, 1.165) is 22.4 Å². The number of anilines is 1. The van der Waals surface area contributed by atoms with Crippen molar-refractivity contribution in [3.8, 4) is 17.1 Å². The molecule has 0 radical (unpaired) electrons. The summed E-state index contributed by atoms with van der Waals surface area (Å²) in [6.45, 7) is 3.85. The molecule has 0 atom stereocenters. The van der Waals surface area contributed by atoms with Crippen molar-refractivity contribution in [2.24, 2.45) is 0 Å². The largest absolute Gasteiger partial charge is 0.319 e. The molecule has 1 heterocycles. The molecule has 0 aliphatic carbocycles. The molecular weight excluding hydrogens is 403 g/mol. The molecule has 4 aromatic rings. The molecule has 0 fully saturated rings. The summed E-state index contributed by atoms with van der Waals surface area (Å²) in [6.07, 6.45) is 0. The Kier molecular flexibility index (Phi) is 5.33. The molecule has 30 heavy (non-hydrogen) atoms. The summed E-state index contributed by atoms with van der Waals surface area (Å²) in [4.78, 5) is 17.4. The third-order valence-corrected chi connectivity index (χ3v) is 4.96.